The van der Waals surface area contributed by atoms with Crippen molar-refractivity contribution in [2.75, 3.05) is 5.32 Å². The molecule has 1 aromatic heterocycles. The van der Waals surface area contributed by atoms with Crippen LogP contribution in [0.15, 0.2) is 12.4 Å². The maximum atomic E-state index is 9.32. The van der Waals surface area contributed by atoms with Crippen LogP contribution >= 0.6 is 11.6 Å². The summed E-state index contributed by atoms with van der Waals surface area (Å²) in [6.07, 6.45) is 5.52. The Morgan fingerprint density at radius 1 is 1.36 bits per heavy atom. The van der Waals surface area contributed by atoms with E-state index in [4.69, 9.17) is 11.6 Å². The SMILES string of the molecule is O[C@@H]1CC[C@H](Nc2ncc(Cl)cn2)C1. The highest BCUT2D eigenvalue weighted by Crippen LogP contribution is 2.21. The monoisotopic (exact) mass is 213 g/mol. The van der Waals surface area contributed by atoms with Crippen molar-refractivity contribution in [3.05, 3.63) is 17.4 Å². The first-order valence-electron chi connectivity index (χ1n) is 4.66. The highest BCUT2D eigenvalue weighted by atomic mass is 35.5. The number of halogens is 1. The van der Waals surface area contributed by atoms with Crippen LogP contribution in [0.1, 0.15) is 19.3 Å². The Morgan fingerprint density at radius 2 is 2.07 bits per heavy atom. The number of hydrogen-bond acceptors (Lipinski definition) is 4. The molecule has 14 heavy (non-hydrogen) atoms. The summed E-state index contributed by atoms with van der Waals surface area (Å²) < 4.78 is 0. The van der Waals surface area contributed by atoms with Gasteiger partial charge >= 0.3 is 0 Å². The number of aromatic nitrogens is 2. The minimum atomic E-state index is -0.181. The van der Waals surface area contributed by atoms with Gasteiger partial charge < -0.3 is 10.4 Å². The first-order chi connectivity index (χ1) is 6.74. The van der Waals surface area contributed by atoms with Crippen LogP contribution in [0.5, 0.6) is 0 Å². The fourth-order valence-corrected chi connectivity index (χ4v) is 1.76. The van der Waals surface area contributed by atoms with Gasteiger partial charge in [0.2, 0.25) is 5.95 Å². The molecule has 1 saturated carbocycles. The number of nitrogens with zero attached hydrogens (tertiary/aromatic N) is 2. The third kappa shape index (κ3) is 2.33. The van der Waals surface area contributed by atoms with Crippen molar-refractivity contribution in [2.45, 2.75) is 31.4 Å². The second-order valence-electron chi connectivity index (χ2n) is 3.53. The van der Waals surface area contributed by atoms with Gasteiger partial charge in [0, 0.05) is 6.04 Å². The molecule has 0 amide bonds. The van der Waals surface area contributed by atoms with E-state index in [0.29, 0.717) is 11.0 Å². The minimum Gasteiger partial charge on any atom is -0.393 e. The molecule has 0 spiro atoms. The van der Waals surface area contributed by atoms with Crippen molar-refractivity contribution in [1.29, 1.82) is 0 Å². The smallest absolute Gasteiger partial charge is 0.222 e. The molecule has 0 saturated heterocycles. The lowest BCUT2D eigenvalue weighted by molar-refractivity contribution is 0.182. The number of rotatable bonds is 2. The Bertz CT molecular complexity index is 303. The predicted octanol–water partition coefficient (Wildman–Crippen LogP) is 1.46. The molecule has 2 atom stereocenters. The lowest BCUT2D eigenvalue weighted by Crippen LogP contribution is -2.18. The average Bonchev–Trinajstić information content (AvgIpc) is 2.56. The zero-order valence-electron chi connectivity index (χ0n) is 7.65. The second-order valence-corrected chi connectivity index (χ2v) is 3.97. The maximum Gasteiger partial charge on any atom is 0.222 e. The number of aliphatic hydroxyl groups is 1. The van der Waals surface area contributed by atoms with E-state index in [9.17, 15) is 5.11 Å². The molecule has 0 aromatic carbocycles. The van der Waals surface area contributed by atoms with Gasteiger partial charge in [0.15, 0.2) is 0 Å². The van der Waals surface area contributed by atoms with Gasteiger partial charge in [-0.3, -0.25) is 0 Å². The Kier molecular flexibility index (Phi) is 2.84. The lowest BCUT2D eigenvalue weighted by atomic mass is 10.2. The van der Waals surface area contributed by atoms with Crippen LogP contribution in [0.2, 0.25) is 5.02 Å². The van der Waals surface area contributed by atoms with E-state index in [1.165, 1.54) is 0 Å². The molecule has 1 aliphatic rings. The summed E-state index contributed by atoms with van der Waals surface area (Å²) in [5.74, 6) is 0.577. The van der Waals surface area contributed by atoms with Crippen LogP contribution < -0.4 is 5.32 Å². The van der Waals surface area contributed by atoms with Crippen LogP contribution in [-0.4, -0.2) is 27.2 Å². The van der Waals surface area contributed by atoms with Gasteiger partial charge in [0.05, 0.1) is 23.5 Å². The Morgan fingerprint density at radius 3 is 2.64 bits per heavy atom. The summed E-state index contributed by atoms with van der Waals surface area (Å²) in [7, 11) is 0. The summed E-state index contributed by atoms with van der Waals surface area (Å²) in [5, 5.41) is 13.0. The van der Waals surface area contributed by atoms with Crippen molar-refractivity contribution < 1.29 is 5.11 Å². The molecular formula is C9H12ClN3O. The van der Waals surface area contributed by atoms with Crippen LogP contribution in [0.4, 0.5) is 5.95 Å². The molecule has 5 heteroatoms. The Balaban J connectivity index is 1.94. The van der Waals surface area contributed by atoms with Crippen molar-refractivity contribution in [3.8, 4) is 0 Å². The molecule has 1 fully saturated rings. The van der Waals surface area contributed by atoms with Crippen molar-refractivity contribution in [3.63, 3.8) is 0 Å². The van der Waals surface area contributed by atoms with E-state index < -0.39 is 0 Å². The molecule has 2 N–H and O–H groups in total. The average molecular weight is 214 g/mol. The molecular weight excluding hydrogens is 202 g/mol. The van der Waals surface area contributed by atoms with Gasteiger partial charge in [-0.2, -0.15) is 0 Å². The number of hydrogen-bond donors (Lipinski definition) is 2. The Labute approximate surface area is 87.3 Å². The maximum absolute atomic E-state index is 9.32. The van der Waals surface area contributed by atoms with Crippen LogP contribution in [0, 0.1) is 0 Å². The van der Waals surface area contributed by atoms with Gasteiger partial charge in [-0.25, -0.2) is 9.97 Å². The van der Waals surface area contributed by atoms with Crippen LogP contribution in [-0.2, 0) is 0 Å². The normalized spacial score (nSPS) is 26.4. The molecule has 1 aliphatic carbocycles. The first kappa shape index (κ1) is 9.68. The largest absolute Gasteiger partial charge is 0.393 e. The molecule has 2 rings (SSSR count). The van der Waals surface area contributed by atoms with E-state index in [1.54, 1.807) is 12.4 Å². The van der Waals surface area contributed by atoms with Gasteiger partial charge in [0.1, 0.15) is 0 Å². The third-order valence-electron chi connectivity index (χ3n) is 2.36. The number of nitrogens with one attached hydrogen (secondary N) is 1. The molecule has 1 heterocycles. The molecule has 0 bridgehead atoms. The molecule has 1 aromatic rings. The fraction of sp³-hybridized carbons (Fsp3) is 0.556. The second kappa shape index (κ2) is 4.11. The fourth-order valence-electron chi connectivity index (χ4n) is 1.66. The third-order valence-corrected chi connectivity index (χ3v) is 2.55. The van der Waals surface area contributed by atoms with E-state index in [-0.39, 0.29) is 12.1 Å². The van der Waals surface area contributed by atoms with E-state index in [1.807, 2.05) is 0 Å². The number of aliphatic hydroxyl groups excluding tert-OH is 1. The summed E-state index contributed by atoms with van der Waals surface area (Å²) in [6, 6.07) is 0.283. The molecule has 0 radical (unpaired) electrons. The van der Waals surface area contributed by atoms with Gasteiger partial charge in [-0.1, -0.05) is 11.6 Å². The van der Waals surface area contributed by atoms with E-state index >= 15 is 0 Å². The highest BCUT2D eigenvalue weighted by molar-refractivity contribution is 6.30. The summed E-state index contributed by atoms with van der Waals surface area (Å²) in [6.45, 7) is 0. The molecule has 4 nitrogen and oxygen atoms in total. The lowest BCUT2D eigenvalue weighted by Gasteiger charge is -2.11. The van der Waals surface area contributed by atoms with Crippen LogP contribution in [0.3, 0.4) is 0 Å². The summed E-state index contributed by atoms with van der Waals surface area (Å²) in [4.78, 5) is 8.06. The first-order valence-corrected chi connectivity index (χ1v) is 5.04. The zero-order valence-corrected chi connectivity index (χ0v) is 8.41. The molecule has 76 valence electrons. The van der Waals surface area contributed by atoms with Gasteiger partial charge in [-0.15, -0.1) is 0 Å². The van der Waals surface area contributed by atoms with Gasteiger partial charge in [0.25, 0.3) is 0 Å². The topological polar surface area (TPSA) is 58.0 Å². The predicted molar refractivity (Wildman–Crippen MR) is 54.3 cm³/mol. The Hall–Kier alpha value is -0.870. The van der Waals surface area contributed by atoms with Crippen LogP contribution in [0.25, 0.3) is 0 Å². The minimum absolute atomic E-state index is 0.181. The zero-order chi connectivity index (χ0) is 9.97. The summed E-state index contributed by atoms with van der Waals surface area (Å²) in [5.41, 5.74) is 0. The van der Waals surface area contributed by atoms with Crippen molar-refractivity contribution in [1.82, 2.24) is 9.97 Å². The van der Waals surface area contributed by atoms with Crippen molar-refractivity contribution in [2.24, 2.45) is 0 Å². The summed E-state index contributed by atoms with van der Waals surface area (Å²) >= 11 is 5.66. The molecule has 0 aliphatic heterocycles. The van der Waals surface area contributed by atoms with E-state index in [2.05, 4.69) is 15.3 Å². The number of anilines is 1. The van der Waals surface area contributed by atoms with E-state index in [0.717, 1.165) is 19.3 Å². The van der Waals surface area contributed by atoms with Gasteiger partial charge in [-0.05, 0) is 19.3 Å². The quantitative estimate of drug-likeness (QED) is 0.781. The van der Waals surface area contributed by atoms with Crippen molar-refractivity contribution >= 4 is 17.5 Å². The highest BCUT2D eigenvalue weighted by Gasteiger charge is 2.22. The standard InChI is InChI=1S/C9H12ClN3O/c10-6-4-11-9(12-5-6)13-7-1-2-8(14)3-7/h4-5,7-8,14H,1-3H2,(H,11,12,13)/t7-,8+/m0/s1. The molecule has 0 unspecified atom stereocenters.